The molecule has 3 heteroatoms. The van der Waals surface area contributed by atoms with Gasteiger partial charge < -0.3 is 5.32 Å². The minimum absolute atomic E-state index is 0.681. The predicted molar refractivity (Wildman–Crippen MR) is 65.9 cm³/mol. The molecule has 1 aliphatic rings. The van der Waals surface area contributed by atoms with E-state index in [1.165, 1.54) is 23.7 Å². The van der Waals surface area contributed by atoms with Crippen LogP contribution < -0.4 is 5.32 Å². The first kappa shape index (κ1) is 11.7. The maximum absolute atomic E-state index is 3.70. The standard InChI is InChI=1S/C10H21NS2/c1-4-12-6-8(2)11-10-5-9(3)13-7-10/h8-11H,4-7H2,1-3H3. The smallest absolute Gasteiger partial charge is 0.0171 e. The first-order valence-electron chi connectivity index (χ1n) is 5.17. The van der Waals surface area contributed by atoms with Gasteiger partial charge in [-0.3, -0.25) is 0 Å². The van der Waals surface area contributed by atoms with Crippen LogP contribution in [0.15, 0.2) is 0 Å². The summed E-state index contributed by atoms with van der Waals surface area (Å²) in [6.45, 7) is 6.86. The van der Waals surface area contributed by atoms with Crippen LogP contribution in [0.25, 0.3) is 0 Å². The molecule has 0 spiro atoms. The second-order valence-corrected chi connectivity index (χ2v) is 6.59. The molecule has 0 aliphatic carbocycles. The summed E-state index contributed by atoms with van der Waals surface area (Å²) >= 11 is 4.13. The van der Waals surface area contributed by atoms with E-state index < -0.39 is 0 Å². The summed E-state index contributed by atoms with van der Waals surface area (Å²) in [5, 5.41) is 4.57. The van der Waals surface area contributed by atoms with Crippen molar-refractivity contribution in [3.05, 3.63) is 0 Å². The van der Waals surface area contributed by atoms with Gasteiger partial charge in [0.15, 0.2) is 0 Å². The van der Waals surface area contributed by atoms with Gasteiger partial charge in [0.2, 0.25) is 0 Å². The molecule has 1 heterocycles. The Kier molecular flexibility index (Phi) is 5.60. The SMILES string of the molecule is CCSCC(C)NC1CSC(C)C1. The van der Waals surface area contributed by atoms with Crippen molar-refractivity contribution in [3.8, 4) is 0 Å². The Morgan fingerprint density at radius 1 is 1.62 bits per heavy atom. The van der Waals surface area contributed by atoms with Gasteiger partial charge in [-0.2, -0.15) is 23.5 Å². The molecule has 1 rings (SSSR count). The number of hydrogen-bond acceptors (Lipinski definition) is 3. The van der Waals surface area contributed by atoms with Crippen molar-refractivity contribution in [2.24, 2.45) is 0 Å². The van der Waals surface area contributed by atoms with E-state index in [1.807, 2.05) is 11.8 Å². The highest BCUT2D eigenvalue weighted by atomic mass is 32.2. The fraction of sp³-hybridized carbons (Fsp3) is 1.00. The number of nitrogens with one attached hydrogen (secondary N) is 1. The molecule has 0 aromatic heterocycles. The van der Waals surface area contributed by atoms with E-state index in [0.717, 1.165) is 11.3 Å². The van der Waals surface area contributed by atoms with Crippen molar-refractivity contribution in [1.29, 1.82) is 0 Å². The van der Waals surface area contributed by atoms with Gasteiger partial charge in [-0.15, -0.1) is 0 Å². The summed E-state index contributed by atoms with van der Waals surface area (Å²) in [6, 6.07) is 1.45. The second kappa shape index (κ2) is 6.20. The summed E-state index contributed by atoms with van der Waals surface area (Å²) in [5.74, 6) is 3.80. The van der Waals surface area contributed by atoms with Crippen LogP contribution in [0.4, 0.5) is 0 Å². The van der Waals surface area contributed by atoms with Crippen molar-refractivity contribution < 1.29 is 0 Å². The van der Waals surface area contributed by atoms with Crippen LogP contribution in [0.1, 0.15) is 27.2 Å². The highest BCUT2D eigenvalue weighted by molar-refractivity contribution is 8.00. The van der Waals surface area contributed by atoms with E-state index in [4.69, 9.17) is 0 Å². The van der Waals surface area contributed by atoms with Gasteiger partial charge in [0.1, 0.15) is 0 Å². The minimum atomic E-state index is 0.681. The third-order valence-corrected chi connectivity index (χ3v) is 4.79. The summed E-state index contributed by atoms with van der Waals surface area (Å²) in [5.41, 5.74) is 0. The largest absolute Gasteiger partial charge is 0.310 e. The molecule has 1 saturated heterocycles. The quantitative estimate of drug-likeness (QED) is 0.763. The fourth-order valence-corrected chi connectivity index (χ4v) is 3.53. The number of thioether (sulfide) groups is 2. The molecule has 0 radical (unpaired) electrons. The van der Waals surface area contributed by atoms with Crippen molar-refractivity contribution in [2.75, 3.05) is 17.3 Å². The molecule has 0 bridgehead atoms. The highest BCUT2D eigenvalue weighted by Gasteiger charge is 2.22. The first-order chi connectivity index (χ1) is 6.22. The molecular formula is C10H21NS2. The molecule has 1 N–H and O–H groups in total. The summed E-state index contributed by atoms with van der Waals surface area (Å²) in [6.07, 6.45) is 1.35. The zero-order valence-electron chi connectivity index (χ0n) is 8.88. The normalized spacial score (nSPS) is 30.7. The third kappa shape index (κ3) is 4.61. The van der Waals surface area contributed by atoms with Gasteiger partial charge >= 0.3 is 0 Å². The molecular weight excluding hydrogens is 198 g/mol. The monoisotopic (exact) mass is 219 g/mol. The average Bonchev–Trinajstić information content (AvgIpc) is 2.48. The summed E-state index contributed by atoms with van der Waals surface area (Å²) < 4.78 is 0. The van der Waals surface area contributed by atoms with E-state index in [1.54, 1.807) is 0 Å². The molecule has 3 atom stereocenters. The molecule has 0 saturated carbocycles. The molecule has 0 amide bonds. The first-order valence-corrected chi connectivity index (χ1v) is 7.38. The van der Waals surface area contributed by atoms with Crippen molar-refractivity contribution in [1.82, 2.24) is 5.32 Å². The van der Waals surface area contributed by atoms with Gasteiger partial charge in [0.05, 0.1) is 0 Å². The van der Waals surface area contributed by atoms with Crippen LogP contribution in [-0.4, -0.2) is 34.6 Å². The van der Waals surface area contributed by atoms with Crippen LogP contribution in [0.5, 0.6) is 0 Å². The lowest BCUT2D eigenvalue weighted by molar-refractivity contribution is 0.488. The Bertz CT molecular complexity index is 141. The Balaban J connectivity index is 2.09. The second-order valence-electron chi connectivity index (χ2n) is 3.80. The van der Waals surface area contributed by atoms with E-state index >= 15 is 0 Å². The Morgan fingerprint density at radius 2 is 2.38 bits per heavy atom. The van der Waals surface area contributed by atoms with Crippen LogP contribution >= 0.6 is 23.5 Å². The van der Waals surface area contributed by atoms with Gasteiger partial charge in [-0.25, -0.2) is 0 Å². The molecule has 1 aliphatic heterocycles. The molecule has 78 valence electrons. The van der Waals surface area contributed by atoms with Gasteiger partial charge in [-0.1, -0.05) is 13.8 Å². The van der Waals surface area contributed by atoms with Crippen molar-refractivity contribution >= 4 is 23.5 Å². The fourth-order valence-electron chi connectivity index (χ4n) is 1.68. The Morgan fingerprint density at radius 3 is 2.92 bits per heavy atom. The highest BCUT2D eigenvalue weighted by Crippen LogP contribution is 2.26. The van der Waals surface area contributed by atoms with E-state index in [-0.39, 0.29) is 0 Å². The van der Waals surface area contributed by atoms with Crippen molar-refractivity contribution in [2.45, 2.75) is 44.5 Å². The number of rotatable bonds is 5. The number of hydrogen-bond donors (Lipinski definition) is 1. The molecule has 13 heavy (non-hydrogen) atoms. The van der Waals surface area contributed by atoms with Crippen LogP contribution in [0.2, 0.25) is 0 Å². The van der Waals surface area contributed by atoms with Gasteiger partial charge in [0, 0.05) is 28.8 Å². The van der Waals surface area contributed by atoms with Crippen LogP contribution in [0.3, 0.4) is 0 Å². The Hall–Kier alpha value is 0.660. The maximum Gasteiger partial charge on any atom is 0.0171 e. The van der Waals surface area contributed by atoms with Gasteiger partial charge in [-0.05, 0) is 19.1 Å². The van der Waals surface area contributed by atoms with E-state index in [9.17, 15) is 0 Å². The van der Waals surface area contributed by atoms with E-state index in [0.29, 0.717) is 6.04 Å². The maximum atomic E-state index is 3.70. The van der Waals surface area contributed by atoms with Crippen LogP contribution in [-0.2, 0) is 0 Å². The molecule has 3 unspecified atom stereocenters. The van der Waals surface area contributed by atoms with Crippen molar-refractivity contribution in [3.63, 3.8) is 0 Å². The summed E-state index contributed by atoms with van der Waals surface area (Å²) in [4.78, 5) is 0. The van der Waals surface area contributed by atoms with Gasteiger partial charge in [0.25, 0.3) is 0 Å². The minimum Gasteiger partial charge on any atom is -0.310 e. The van der Waals surface area contributed by atoms with E-state index in [2.05, 4.69) is 37.8 Å². The summed E-state index contributed by atoms with van der Waals surface area (Å²) in [7, 11) is 0. The molecule has 1 fully saturated rings. The average molecular weight is 219 g/mol. The Labute approximate surface area is 90.8 Å². The molecule has 1 nitrogen and oxygen atoms in total. The zero-order chi connectivity index (χ0) is 9.68. The molecule has 0 aromatic carbocycles. The zero-order valence-corrected chi connectivity index (χ0v) is 10.5. The lowest BCUT2D eigenvalue weighted by atomic mass is 10.2. The topological polar surface area (TPSA) is 12.0 Å². The lowest BCUT2D eigenvalue weighted by Crippen LogP contribution is -2.38. The third-order valence-electron chi connectivity index (χ3n) is 2.29. The molecule has 0 aromatic rings. The predicted octanol–water partition coefficient (Wildman–Crippen LogP) is 2.61. The lowest BCUT2D eigenvalue weighted by Gasteiger charge is -2.18. The van der Waals surface area contributed by atoms with Crippen LogP contribution in [0, 0.1) is 0 Å².